The maximum Gasteiger partial charge on any atom is 0.419 e. The van der Waals surface area contributed by atoms with Crippen molar-refractivity contribution in [2.45, 2.75) is 19.0 Å². The quantitative estimate of drug-likeness (QED) is 0.563. The largest absolute Gasteiger partial charge is 0.419 e. The molecule has 2 aromatic heterocycles. The van der Waals surface area contributed by atoms with Gasteiger partial charge in [0.2, 0.25) is 5.91 Å². The van der Waals surface area contributed by atoms with Gasteiger partial charge in [0.1, 0.15) is 0 Å². The van der Waals surface area contributed by atoms with Crippen molar-refractivity contribution in [1.29, 1.82) is 0 Å². The van der Waals surface area contributed by atoms with Gasteiger partial charge in [-0.25, -0.2) is 4.79 Å². The zero-order valence-corrected chi connectivity index (χ0v) is 15.1. The molecule has 0 bridgehead atoms. The van der Waals surface area contributed by atoms with Crippen LogP contribution < -0.4 is 11.1 Å². The van der Waals surface area contributed by atoms with E-state index in [-0.39, 0.29) is 24.9 Å². The minimum Gasteiger partial charge on any atom is -0.408 e. The number of amides is 1. The van der Waals surface area contributed by atoms with Crippen LogP contribution in [-0.2, 0) is 11.3 Å². The Bertz CT molecular complexity index is 1090. The molecule has 0 fully saturated rings. The molecule has 0 aliphatic heterocycles. The molecule has 6 nitrogen and oxygen atoms in total. The van der Waals surface area contributed by atoms with E-state index >= 15 is 0 Å². The van der Waals surface area contributed by atoms with Crippen molar-refractivity contribution in [1.82, 2.24) is 14.9 Å². The highest BCUT2D eigenvalue weighted by atomic mass is 16.4. The monoisotopic (exact) mass is 373 g/mol. The third-order valence-electron chi connectivity index (χ3n) is 4.56. The number of oxazole rings is 1. The number of pyridine rings is 1. The maximum atomic E-state index is 12.7. The fourth-order valence-corrected chi connectivity index (χ4v) is 3.19. The number of carbonyl (C=O) groups excluding carboxylic acids is 1. The molecule has 2 heterocycles. The molecule has 28 heavy (non-hydrogen) atoms. The van der Waals surface area contributed by atoms with Gasteiger partial charge in [-0.05, 0) is 29.8 Å². The Kier molecular flexibility index (Phi) is 5.01. The predicted molar refractivity (Wildman–Crippen MR) is 106 cm³/mol. The molecule has 0 saturated carbocycles. The van der Waals surface area contributed by atoms with E-state index in [9.17, 15) is 9.59 Å². The first kappa shape index (κ1) is 17.7. The lowest BCUT2D eigenvalue weighted by atomic mass is 10.0. The van der Waals surface area contributed by atoms with Gasteiger partial charge in [0.25, 0.3) is 0 Å². The molecule has 140 valence electrons. The number of hydrogen-bond acceptors (Lipinski definition) is 4. The average molecular weight is 373 g/mol. The lowest BCUT2D eigenvalue weighted by molar-refractivity contribution is -0.121. The SMILES string of the molecule is O=C(CCn1c(=O)oc2ccccc21)NC(c1ccccc1)c1ccccn1. The number of rotatable bonds is 6. The van der Waals surface area contributed by atoms with Crippen LogP contribution in [0.15, 0.2) is 88.2 Å². The highest BCUT2D eigenvalue weighted by Gasteiger charge is 2.18. The van der Waals surface area contributed by atoms with Gasteiger partial charge in [-0.2, -0.15) is 0 Å². The normalized spacial score (nSPS) is 12.0. The minimum absolute atomic E-state index is 0.152. The van der Waals surface area contributed by atoms with E-state index in [1.807, 2.05) is 54.6 Å². The fraction of sp³-hybridized carbons (Fsp3) is 0.136. The highest BCUT2D eigenvalue weighted by molar-refractivity contribution is 5.77. The number of benzene rings is 2. The van der Waals surface area contributed by atoms with Crippen LogP contribution in [0.25, 0.3) is 11.1 Å². The number of aryl methyl sites for hydroxylation is 1. The van der Waals surface area contributed by atoms with Crippen molar-refractivity contribution in [2.75, 3.05) is 0 Å². The molecule has 4 rings (SSSR count). The number of aromatic nitrogens is 2. The Hall–Kier alpha value is -3.67. The number of fused-ring (bicyclic) bond motifs is 1. The fourth-order valence-electron chi connectivity index (χ4n) is 3.19. The summed E-state index contributed by atoms with van der Waals surface area (Å²) >= 11 is 0. The molecule has 1 amide bonds. The van der Waals surface area contributed by atoms with E-state index in [1.165, 1.54) is 4.57 Å². The number of hydrogen-bond donors (Lipinski definition) is 1. The first-order chi connectivity index (χ1) is 13.7. The second-order valence-corrected chi connectivity index (χ2v) is 6.40. The van der Waals surface area contributed by atoms with Gasteiger partial charge in [0.05, 0.1) is 17.3 Å². The minimum atomic E-state index is -0.460. The molecule has 0 aliphatic rings. The van der Waals surface area contributed by atoms with Crippen LogP contribution in [0.3, 0.4) is 0 Å². The van der Waals surface area contributed by atoms with Gasteiger partial charge in [0.15, 0.2) is 5.58 Å². The summed E-state index contributed by atoms with van der Waals surface area (Å²) < 4.78 is 6.70. The number of carbonyl (C=O) groups is 1. The summed E-state index contributed by atoms with van der Waals surface area (Å²) in [5, 5.41) is 3.03. The summed E-state index contributed by atoms with van der Waals surface area (Å²) in [7, 11) is 0. The smallest absolute Gasteiger partial charge is 0.408 e. The van der Waals surface area contributed by atoms with Gasteiger partial charge in [-0.15, -0.1) is 0 Å². The van der Waals surface area contributed by atoms with Gasteiger partial charge >= 0.3 is 5.76 Å². The van der Waals surface area contributed by atoms with Crippen molar-refractivity contribution < 1.29 is 9.21 Å². The Balaban J connectivity index is 1.52. The van der Waals surface area contributed by atoms with Crippen molar-refractivity contribution in [2.24, 2.45) is 0 Å². The molecular formula is C22H19N3O3. The zero-order chi connectivity index (χ0) is 19.3. The van der Waals surface area contributed by atoms with Crippen molar-refractivity contribution in [3.8, 4) is 0 Å². The number of nitrogens with one attached hydrogen (secondary N) is 1. The molecule has 4 aromatic rings. The highest BCUT2D eigenvalue weighted by Crippen LogP contribution is 2.20. The topological polar surface area (TPSA) is 77.1 Å². The molecular weight excluding hydrogens is 354 g/mol. The molecule has 6 heteroatoms. The summed E-state index contributed by atoms with van der Waals surface area (Å²) in [6.07, 6.45) is 1.86. The van der Waals surface area contributed by atoms with E-state index in [0.717, 1.165) is 11.3 Å². The Morgan fingerprint density at radius 1 is 1.00 bits per heavy atom. The zero-order valence-electron chi connectivity index (χ0n) is 15.1. The molecule has 1 N–H and O–H groups in total. The first-order valence-electron chi connectivity index (χ1n) is 9.06. The standard InChI is InChI=1S/C22H19N3O3/c26-20(13-15-25-18-11-4-5-12-19(18)28-22(25)27)24-21(16-8-2-1-3-9-16)17-10-6-7-14-23-17/h1-12,14,21H,13,15H2,(H,24,26). The molecule has 0 aliphatic carbocycles. The van der Waals surface area contributed by atoms with Crippen LogP contribution >= 0.6 is 0 Å². The Morgan fingerprint density at radius 3 is 2.54 bits per heavy atom. The van der Waals surface area contributed by atoms with Crippen LogP contribution in [-0.4, -0.2) is 15.5 Å². The van der Waals surface area contributed by atoms with Crippen LogP contribution in [0.1, 0.15) is 23.7 Å². The summed E-state index contributed by atoms with van der Waals surface area (Å²) in [6, 6.07) is 22.1. The molecule has 0 spiro atoms. The number of para-hydroxylation sites is 2. The number of nitrogens with zero attached hydrogens (tertiary/aromatic N) is 2. The van der Waals surface area contributed by atoms with Crippen LogP contribution in [0.5, 0.6) is 0 Å². The van der Waals surface area contributed by atoms with Crippen LogP contribution in [0.4, 0.5) is 0 Å². The first-order valence-corrected chi connectivity index (χ1v) is 9.06. The van der Waals surface area contributed by atoms with E-state index in [2.05, 4.69) is 10.3 Å². The second-order valence-electron chi connectivity index (χ2n) is 6.40. The van der Waals surface area contributed by atoms with E-state index < -0.39 is 5.76 Å². The van der Waals surface area contributed by atoms with Crippen LogP contribution in [0.2, 0.25) is 0 Å². The summed E-state index contributed by atoms with van der Waals surface area (Å²) in [6.45, 7) is 0.241. The third-order valence-corrected chi connectivity index (χ3v) is 4.56. The molecule has 1 atom stereocenters. The molecule has 0 radical (unpaired) electrons. The van der Waals surface area contributed by atoms with Crippen molar-refractivity contribution in [3.05, 3.63) is 101 Å². The lowest BCUT2D eigenvalue weighted by Crippen LogP contribution is -2.31. The summed E-state index contributed by atoms with van der Waals surface area (Å²) in [5.74, 6) is -0.630. The van der Waals surface area contributed by atoms with Crippen LogP contribution in [0, 0.1) is 0 Å². The maximum absolute atomic E-state index is 12.7. The van der Waals surface area contributed by atoms with Gasteiger partial charge < -0.3 is 9.73 Å². The molecule has 0 saturated heterocycles. The Labute approximate surface area is 161 Å². The van der Waals surface area contributed by atoms with E-state index in [1.54, 1.807) is 24.4 Å². The summed E-state index contributed by atoms with van der Waals surface area (Å²) in [5.41, 5.74) is 2.90. The molecule has 2 aromatic carbocycles. The van der Waals surface area contributed by atoms with Crippen molar-refractivity contribution >= 4 is 17.0 Å². The second kappa shape index (κ2) is 7.92. The van der Waals surface area contributed by atoms with Crippen molar-refractivity contribution in [3.63, 3.8) is 0 Å². The van der Waals surface area contributed by atoms with E-state index in [0.29, 0.717) is 11.1 Å². The summed E-state index contributed by atoms with van der Waals surface area (Å²) in [4.78, 5) is 29.1. The average Bonchev–Trinajstić information content (AvgIpc) is 3.06. The Morgan fingerprint density at radius 2 is 1.75 bits per heavy atom. The van der Waals surface area contributed by atoms with Gasteiger partial charge in [-0.1, -0.05) is 48.5 Å². The predicted octanol–water partition coefficient (Wildman–Crippen LogP) is 3.29. The van der Waals surface area contributed by atoms with Gasteiger partial charge in [0, 0.05) is 19.2 Å². The third kappa shape index (κ3) is 3.71. The molecule has 1 unspecified atom stereocenters. The lowest BCUT2D eigenvalue weighted by Gasteiger charge is -2.19. The van der Waals surface area contributed by atoms with Gasteiger partial charge in [-0.3, -0.25) is 14.3 Å². The van der Waals surface area contributed by atoms with E-state index in [4.69, 9.17) is 4.42 Å².